The van der Waals surface area contributed by atoms with E-state index in [-0.39, 0.29) is 0 Å². The number of alkyl halides is 1. The molecule has 0 spiro atoms. The minimum Gasteiger partial charge on any atom is -0.598 e. The molecule has 1 unspecified atom stereocenters. The van der Waals surface area contributed by atoms with Gasteiger partial charge >= 0.3 is 0 Å². The zero-order valence-electron chi connectivity index (χ0n) is 10.2. The van der Waals surface area contributed by atoms with Crippen molar-refractivity contribution in [1.82, 2.24) is 4.72 Å². The third-order valence-corrected chi connectivity index (χ3v) is 4.32. The highest BCUT2D eigenvalue weighted by Gasteiger charge is 2.29. The van der Waals surface area contributed by atoms with E-state index in [1.807, 2.05) is 45.0 Å². The van der Waals surface area contributed by atoms with Crippen LogP contribution in [0, 0.1) is 0 Å². The van der Waals surface area contributed by atoms with Gasteiger partial charge in [0, 0.05) is 15.8 Å². The molecule has 0 saturated heterocycles. The van der Waals surface area contributed by atoms with Gasteiger partial charge in [0.2, 0.25) is 0 Å². The molecule has 0 bridgehead atoms. The maximum absolute atomic E-state index is 13.0. The van der Waals surface area contributed by atoms with Crippen molar-refractivity contribution in [2.45, 2.75) is 31.6 Å². The van der Waals surface area contributed by atoms with Crippen molar-refractivity contribution in [2.24, 2.45) is 0 Å². The van der Waals surface area contributed by atoms with E-state index in [0.29, 0.717) is 0 Å². The molecule has 1 N–H and O–H groups in total. The molecule has 96 valence electrons. The number of halogens is 2. The van der Waals surface area contributed by atoms with Gasteiger partial charge < -0.3 is 4.55 Å². The Balaban J connectivity index is 2.79. The fourth-order valence-electron chi connectivity index (χ4n) is 1.22. The van der Waals surface area contributed by atoms with E-state index >= 15 is 0 Å². The molecule has 0 heterocycles. The largest absolute Gasteiger partial charge is 0.598 e. The van der Waals surface area contributed by atoms with Crippen molar-refractivity contribution in [3.05, 3.63) is 34.3 Å². The van der Waals surface area contributed by atoms with Gasteiger partial charge in [-0.3, -0.25) is 0 Å². The van der Waals surface area contributed by atoms with Crippen LogP contribution in [0.15, 0.2) is 28.7 Å². The fraction of sp³-hybridized carbons (Fsp3) is 0.500. The molecule has 2 nitrogen and oxygen atoms in total. The average molecular weight is 322 g/mol. The van der Waals surface area contributed by atoms with Crippen LogP contribution in [0.2, 0.25) is 0 Å². The van der Waals surface area contributed by atoms with Crippen LogP contribution in [-0.2, 0) is 11.4 Å². The quantitative estimate of drug-likeness (QED) is 0.861. The van der Waals surface area contributed by atoms with Crippen LogP contribution >= 0.6 is 15.9 Å². The van der Waals surface area contributed by atoms with Crippen molar-refractivity contribution < 1.29 is 8.94 Å². The predicted molar refractivity (Wildman–Crippen MR) is 73.9 cm³/mol. The monoisotopic (exact) mass is 321 g/mol. The summed E-state index contributed by atoms with van der Waals surface area (Å²) in [6.45, 7) is 4.98. The van der Waals surface area contributed by atoms with Crippen LogP contribution in [0.1, 0.15) is 32.4 Å². The summed E-state index contributed by atoms with van der Waals surface area (Å²) in [6, 6.07) is 6.83. The Bertz CT molecular complexity index is 370. The van der Waals surface area contributed by atoms with E-state index < -0.39 is 28.8 Å². The summed E-state index contributed by atoms with van der Waals surface area (Å²) in [6.07, 6.45) is 0. The van der Waals surface area contributed by atoms with Gasteiger partial charge in [0.25, 0.3) is 0 Å². The van der Waals surface area contributed by atoms with Crippen molar-refractivity contribution in [3.63, 3.8) is 0 Å². The summed E-state index contributed by atoms with van der Waals surface area (Å²) in [5.41, 5.74) is 0.791. The second kappa shape index (κ2) is 6.18. The van der Waals surface area contributed by atoms with Gasteiger partial charge in [-0.2, -0.15) is 0 Å². The van der Waals surface area contributed by atoms with E-state index in [2.05, 4.69) is 20.7 Å². The summed E-state index contributed by atoms with van der Waals surface area (Å²) >= 11 is 2.06. The zero-order chi connectivity index (χ0) is 13.1. The molecule has 0 aliphatic rings. The topological polar surface area (TPSA) is 35.1 Å². The lowest BCUT2D eigenvalue weighted by molar-refractivity contribution is 0.410. The number of hydrogen-bond donors (Lipinski definition) is 1. The third kappa shape index (κ3) is 4.58. The van der Waals surface area contributed by atoms with Crippen LogP contribution in [0.3, 0.4) is 0 Å². The van der Waals surface area contributed by atoms with Crippen LogP contribution in [0.4, 0.5) is 4.39 Å². The van der Waals surface area contributed by atoms with E-state index in [1.165, 1.54) is 0 Å². The SMILES string of the molecule is CC(C)(C)[S@@+]([O-])NC(CF)c1cccc(Br)c1. The molecule has 0 amide bonds. The first kappa shape index (κ1) is 15.0. The maximum atomic E-state index is 13.0. The van der Waals surface area contributed by atoms with Crippen LogP contribution in [0.5, 0.6) is 0 Å². The Hall–Kier alpha value is -0.100. The third-order valence-electron chi connectivity index (χ3n) is 2.21. The standard InChI is InChI=1S/C12H17BrFNOS/c1-12(2,3)17(16)15-11(8-14)9-5-4-6-10(13)7-9/h4-7,11,15H,8H2,1-3H3/t11?,17-/m1/s1. The molecule has 0 aromatic heterocycles. The highest BCUT2D eigenvalue weighted by Crippen LogP contribution is 2.22. The normalized spacial score (nSPS) is 15.6. The molecular weight excluding hydrogens is 305 g/mol. The van der Waals surface area contributed by atoms with Gasteiger partial charge in [-0.1, -0.05) is 28.1 Å². The molecule has 0 aliphatic carbocycles. The fourth-order valence-corrected chi connectivity index (χ4v) is 2.45. The van der Waals surface area contributed by atoms with Gasteiger partial charge in [-0.25, -0.2) is 4.39 Å². The number of hydrogen-bond acceptors (Lipinski definition) is 2. The van der Waals surface area contributed by atoms with Gasteiger partial charge in [0.15, 0.2) is 0 Å². The van der Waals surface area contributed by atoms with Crippen molar-refractivity contribution in [2.75, 3.05) is 6.67 Å². The first-order valence-corrected chi connectivity index (χ1v) is 7.28. The van der Waals surface area contributed by atoms with E-state index in [9.17, 15) is 8.94 Å². The molecule has 0 radical (unpaired) electrons. The molecular formula is C12H17BrFNOS. The summed E-state index contributed by atoms with van der Waals surface area (Å²) in [4.78, 5) is 0. The van der Waals surface area contributed by atoms with Crippen LogP contribution in [-0.4, -0.2) is 16.0 Å². The Morgan fingerprint density at radius 1 is 1.47 bits per heavy atom. The molecule has 0 fully saturated rings. The molecule has 1 rings (SSSR count). The zero-order valence-corrected chi connectivity index (χ0v) is 12.6. The number of rotatable bonds is 4. The van der Waals surface area contributed by atoms with Crippen LogP contribution < -0.4 is 4.72 Å². The molecule has 1 aromatic rings. The number of benzene rings is 1. The first-order valence-electron chi connectivity index (χ1n) is 5.34. The Morgan fingerprint density at radius 2 is 2.12 bits per heavy atom. The predicted octanol–water partition coefficient (Wildman–Crippen LogP) is 3.51. The molecule has 0 saturated carbocycles. The molecule has 5 heteroatoms. The lowest BCUT2D eigenvalue weighted by Gasteiger charge is -2.27. The molecule has 0 aliphatic heterocycles. The van der Waals surface area contributed by atoms with E-state index in [0.717, 1.165) is 10.0 Å². The summed E-state index contributed by atoms with van der Waals surface area (Å²) in [7, 11) is 0. The van der Waals surface area contributed by atoms with Gasteiger partial charge in [-0.05, 0) is 38.5 Å². The maximum Gasteiger partial charge on any atom is 0.136 e. The highest BCUT2D eigenvalue weighted by atomic mass is 79.9. The second-order valence-electron chi connectivity index (χ2n) is 4.76. The van der Waals surface area contributed by atoms with Crippen molar-refractivity contribution in [3.8, 4) is 0 Å². The van der Waals surface area contributed by atoms with Gasteiger partial charge in [0.1, 0.15) is 17.5 Å². The lowest BCUT2D eigenvalue weighted by Crippen LogP contribution is -2.41. The van der Waals surface area contributed by atoms with Crippen molar-refractivity contribution >= 4 is 27.3 Å². The first-order chi connectivity index (χ1) is 7.84. The Kier molecular flexibility index (Phi) is 5.44. The van der Waals surface area contributed by atoms with Crippen LogP contribution in [0.25, 0.3) is 0 Å². The Morgan fingerprint density at radius 3 is 2.59 bits per heavy atom. The second-order valence-corrected chi connectivity index (χ2v) is 7.67. The molecule has 17 heavy (non-hydrogen) atoms. The molecule has 1 aromatic carbocycles. The molecule has 2 atom stereocenters. The number of nitrogens with one attached hydrogen (secondary N) is 1. The minimum absolute atomic E-state index is 0.403. The summed E-state index contributed by atoms with van der Waals surface area (Å²) < 4.78 is 28.2. The van der Waals surface area contributed by atoms with Gasteiger partial charge in [-0.15, -0.1) is 4.72 Å². The average Bonchev–Trinajstić information content (AvgIpc) is 2.24. The highest BCUT2D eigenvalue weighted by molar-refractivity contribution is 9.10. The minimum atomic E-state index is -1.28. The van der Waals surface area contributed by atoms with E-state index in [1.54, 1.807) is 0 Å². The van der Waals surface area contributed by atoms with E-state index in [4.69, 9.17) is 0 Å². The van der Waals surface area contributed by atoms with Crippen molar-refractivity contribution in [1.29, 1.82) is 0 Å². The summed E-state index contributed by atoms with van der Waals surface area (Å²) in [5, 5.41) is 0. The summed E-state index contributed by atoms with van der Waals surface area (Å²) in [5.74, 6) is 0. The van der Waals surface area contributed by atoms with Gasteiger partial charge in [0.05, 0.1) is 0 Å². The smallest absolute Gasteiger partial charge is 0.136 e. The Labute approximate surface area is 113 Å². The lowest BCUT2D eigenvalue weighted by atomic mass is 10.1.